The third-order valence-corrected chi connectivity index (χ3v) is 3.25. The highest BCUT2D eigenvalue weighted by molar-refractivity contribution is 5.76. The van der Waals surface area contributed by atoms with Gasteiger partial charge in [0.2, 0.25) is 5.91 Å². The van der Waals surface area contributed by atoms with Crippen LogP contribution in [0.15, 0.2) is 6.33 Å². The number of hydrogen-bond donors (Lipinski definition) is 2. The number of aromatic nitrogens is 4. The average molecular weight is 313 g/mol. The van der Waals surface area contributed by atoms with Crippen LogP contribution in [-0.4, -0.2) is 69.2 Å². The van der Waals surface area contributed by atoms with Crippen LogP contribution in [0.1, 0.15) is 19.3 Å². The van der Waals surface area contributed by atoms with Crippen molar-refractivity contribution in [1.29, 1.82) is 0 Å². The molecule has 1 amide bonds. The summed E-state index contributed by atoms with van der Waals surface area (Å²) in [7, 11) is 0. The lowest BCUT2D eigenvalue weighted by molar-refractivity contribution is -0.149. The molecular weight excluding hydrogens is 294 g/mol. The van der Waals surface area contributed by atoms with Crippen LogP contribution in [0.25, 0.3) is 0 Å². The van der Waals surface area contributed by atoms with Crippen LogP contribution in [0.5, 0.6) is 0 Å². The molecule has 0 radical (unpaired) electrons. The lowest BCUT2D eigenvalue weighted by atomic mass is 10.1. The summed E-state index contributed by atoms with van der Waals surface area (Å²) in [5.41, 5.74) is 0. The Labute approximate surface area is 126 Å². The number of ether oxygens (including phenoxy) is 2. The maximum atomic E-state index is 11.9. The minimum Gasteiger partial charge on any atom is -0.480 e. The molecule has 0 aliphatic carbocycles. The van der Waals surface area contributed by atoms with Crippen molar-refractivity contribution in [3.8, 4) is 0 Å². The molecule has 1 aromatic rings. The molecular formula is C12H19N5O5. The molecule has 0 bridgehead atoms. The van der Waals surface area contributed by atoms with E-state index in [2.05, 4.69) is 20.8 Å². The molecule has 22 heavy (non-hydrogen) atoms. The summed E-state index contributed by atoms with van der Waals surface area (Å²) in [5, 5.41) is 22.3. The lowest BCUT2D eigenvalue weighted by Gasteiger charge is -2.31. The predicted molar refractivity (Wildman–Crippen MR) is 71.8 cm³/mol. The Kier molecular flexibility index (Phi) is 6.22. The number of aliphatic carboxylic acids is 1. The zero-order valence-corrected chi connectivity index (χ0v) is 12.1. The first-order valence-electron chi connectivity index (χ1n) is 7.06. The highest BCUT2D eigenvalue weighted by Gasteiger charge is 2.28. The summed E-state index contributed by atoms with van der Waals surface area (Å²) in [6.07, 6.45) is 2.60. The molecule has 1 fully saturated rings. The van der Waals surface area contributed by atoms with E-state index in [4.69, 9.17) is 14.6 Å². The number of hydrogen-bond acceptors (Lipinski definition) is 7. The third kappa shape index (κ3) is 5.37. The van der Waals surface area contributed by atoms with Crippen molar-refractivity contribution >= 4 is 11.9 Å². The number of rotatable bonds is 8. The standard InChI is InChI=1S/C12H19N5O5/c18-11(2-1-4-17-8-13-15-16-17)14-9-3-5-21-6-10(9)22-7-12(19)20/h8-10H,1-7H2,(H,14,18)(H,19,20)/t9-,10-/m1/s1. The third-order valence-electron chi connectivity index (χ3n) is 3.25. The van der Waals surface area contributed by atoms with Gasteiger partial charge in [-0.3, -0.25) is 4.79 Å². The maximum absolute atomic E-state index is 11.9. The van der Waals surface area contributed by atoms with Gasteiger partial charge in [-0.05, 0) is 23.3 Å². The van der Waals surface area contributed by atoms with Crippen molar-refractivity contribution in [3.05, 3.63) is 6.33 Å². The van der Waals surface area contributed by atoms with E-state index in [-0.39, 0.29) is 18.6 Å². The van der Waals surface area contributed by atoms with Gasteiger partial charge in [-0.1, -0.05) is 0 Å². The molecule has 0 aromatic carbocycles. The Morgan fingerprint density at radius 2 is 2.36 bits per heavy atom. The van der Waals surface area contributed by atoms with Crippen molar-refractivity contribution in [1.82, 2.24) is 25.5 Å². The Morgan fingerprint density at radius 1 is 1.50 bits per heavy atom. The van der Waals surface area contributed by atoms with Gasteiger partial charge < -0.3 is 19.9 Å². The molecule has 1 saturated heterocycles. The van der Waals surface area contributed by atoms with Crippen molar-refractivity contribution in [2.45, 2.75) is 38.0 Å². The first-order valence-corrected chi connectivity index (χ1v) is 7.06. The van der Waals surface area contributed by atoms with Crippen molar-refractivity contribution < 1.29 is 24.2 Å². The highest BCUT2D eigenvalue weighted by Crippen LogP contribution is 2.12. The van der Waals surface area contributed by atoms with Gasteiger partial charge in [0.15, 0.2) is 0 Å². The Balaban J connectivity index is 1.71. The van der Waals surface area contributed by atoms with Crippen LogP contribution in [0.2, 0.25) is 0 Å². The minimum atomic E-state index is -1.04. The molecule has 1 aromatic heterocycles. The molecule has 0 saturated carbocycles. The fourth-order valence-electron chi connectivity index (χ4n) is 2.18. The van der Waals surface area contributed by atoms with Gasteiger partial charge >= 0.3 is 5.97 Å². The molecule has 0 unspecified atom stereocenters. The second-order valence-corrected chi connectivity index (χ2v) is 4.96. The van der Waals surface area contributed by atoms with E-state index in [1.54, 1.807) is 4.68 Å². The summed E-state index contributed by atoms with van der Waals surface area (Å²) in [4.78, 5) is 22.5. The Bertz CT molecular complexity index is 480. The van der Waals surface area contributed by atoms with Crippen LogP contribution in [0.4, 0.5) is 0 Å². The van der Waals surface area contributed by atoms with Crippen LogP contribution in [0, 0.1) is 0 Å². The number of carbonyl (C=O) groups excluding carboxylic acids is 1. The van der Waals surface area contributed by atoms with Crippen LogP contribution < -0.4 is 5.32 Å². The van der Waals surface area contributed by atoms with Crippen LogP contribution in [-0.2, 0) is 25.6 Å². The first kappa shape index (κ1) is 16.3. The van der Waals surface area contributed by atoms with Gasteiger partial charge in [-0.2, -0.15) is 0 Å². The Morgan fingerprint density at radius 3 is 3.09 bits per heavy atom. The van der Waals surface area contributed by atoms with Crippen molar-refractivity contribution in [3.63, 3.8) is 0 Å². The molecule has 122 valence electrons. The highest BCUT2D eigenvalue weighted by atomic mass is 16.5. The van der Waals surface area contributed by atoms with E-state index in [9.17, 15) is 9.59 Å². The van der Waals surface area contributed by atoms with E-state index >= 15 is 0 Å². The molecule has 2 atom stereocenters. The molecule has 10 heteroatoms. The van der Waals surface area contributed by atoms with E-state index in [0.29, 0.717) is 32.4 Å². The number of carboxylic acids is 1. The monoisotopic (exact) mass is 313 g/mol. The number of carboxylic acid groups (broad SMARTS) is 1. The van der Waals surface area contributed by atoms with Gasteiger partial charge in [-0.15, -0.1) is 5.10 Å². The summed E-state index contributed by atoms with van der Waals surface area (Å²) in [5.74, 6) is -1.15. The van der Waals surface area contributed by atoms with Crippen molar-refractivity contribution in [2.24, 2.45) is 0 Å². The fraction of sp³-hybridized carbons (Fsp3) is 0.750. The van der Waals surface area contributed by atoms with Crippen LogP contribution >= 0.6 is 0 Å². The SMILES string of the molecule is O=C(O)CO[C@@H]1COCC[C@H]1NC(=O)CCCn1cnnn1. The second kappa shape index (κ2) is 8.39. The number of carbonyl (C=O) groups is 2. The topological polar surface area (TPSA) is 128 Å². The molecule has 2 heterocycles. The van der Waals surface area contributed by atoms with Gasteiger partial charge in [-0.25, -0.2) is 9.48 Å². The average Bonchev–Trinajstić information content (AvgIpc) is 2.99. The van der Waals surface area contributed by atoms with Crippen LogP contribution in [0.3, 0.4) is 0 Å². The first-order chi connectivity index (χ1) is 10.6. The number of aryl methyl sites for hydroxylation is 1. The minimum absolute atomic E-state index is 0.108. The largest absolute Gasteiger partial charge is 0.480 e. The van der Waals surface area contributed by atoms with E-state index in [1.807, 2.05) is 0 Å². The fourth-order valence-corrected chi connectivity index (χ4v) is 2.18. The number of tetrazole rings is 1. The van der Waals surface area contributed by atoms with Gasteiger partial charge in [0.05, 0.1) is 12.6 Å². The molecule has 0 spiro atoms. The van der Waals surface area contributed by atoms with E-state index < -0.39 is 18.7 Å². The maximum Gasteiger partial charge on any atom is 0.329 e. The van der Waals surface area contributed by atoms with Gasteiger partial charge in [0, 0.05) is 19.6 Å². The number of nitrogens with one attached hydrogen (secondary N) is 1. The zero-order valence-electron chi connectivity index (χ0n) is 12.1. The van der Waals surface area contributed by atoms with Gasteiger partial charge in [0.25, 0.3) is 0 Å². The van der Waals surface area contributed by atoms with E-state index in [1.165, 1.54) is 6.33 Å². The summed E-state index contributed by atoms with van der Waals surface area (Å²) >= 11 is 0. The summed E-state index contributed by atoms with van der Waals surface area (Å²) in [6, 6.07) is -0.228. The Hall–Kier alpha value is -2.07. The molecule has 1 aliphatic rings. The summed E-state index contributed by atoms with van der Waals surface area (Å²) in [6.45, 7) is 0.957. The second-order valence-electron chi connectivity index (χ2n) is 4.96. The number of amides is 1. The summed E-state index contributed by atoms with van der Waals surface area (Å²) < 4.78 is 12.1. The lowest BCUT2D eigenvalue weighted by Crippen LogP contribution is -2.50. The quantitative estimate of drug-likeness (QED) is 0.614. The smallest absolute Gasteiger partial charge is 0.329 e. The number of nitrogens with zero attached hydrogens (tertiary/aromatic N) is 4. The molecule has 1 aliphatic heterocycles. The molecule has 2 N–H and O–H groups in total. The van der Waals surface area contributed by atoms with E-state index in [0.717, 1.165) is 0 Å². The normalized spacial score (nSPS) is 21.5. The van der Waals surface area contributed by atoms with Crippen molar-refractivity contribution in [2.75, 3.05) is 19.8 Å². The molecule has 10 nitrogen and oxygen atoms in total. The predicted octanol–water partition coefficient (Wildman–Crippen LogP) is -1.17. The molecule has 2 rings (SSSR count). The zero-order chi connectivity index (χ0) is 15.8. The van der Waals surface area contributed by atoms with Gasteiger partial charge in [0.1, 0.15) is 19.0 Å².